The van der Waals surface area contributed by atoms with Gasteiger partial charge < -0.3 is 5.32 Å². The minimum Gasteiger partial charge on any atom is -0.359 e. The summed E-state index contributed by atoms with van der Waals surface area (Å²) in [5, 5.41) is 2.68. The summed E-state index contributed by atoms with van der Waals surface area (Å²) in [6.07, 6.45) is 2.97. The maximum atomic E-state index is 11.3. The van der Waals surface area contributed by atoms with Crippen LogP contribution in [0.15, 0.2) is 28.7 Å². The van der Waals surface area contributed by atoms with Gasteiger partial charge in [0.1, 0.15) is 0 Å². The van der Waals surface area contributed by atoms with Gasteiger partial charge in [0, 0.05) is 30.5 Å². The van der Waals surface area contributed by atoms with Crippen LogP contribution in [-0.2, 0) is 4.79 Å². The third-order valence-corrected chi connectivity index (χ3v) is 4.25. The highest BCUT2D eigenvalue weighted by molar-refractivity contribution is 9.10. The third-order valence-electron chi connectivity index (χ3n) is 3.53. The highest BCUT2D eigenvalue weighted by Crippen LogP contribution is 2.35. The van der Waals surface area contributed by atoms with E-state index in [4.69, 9.17) is 0 Å². The molecule has 1 aromatic rings. The number of halogens is 1. The molecule has 1 fully saturated rings. The van der Waals surface area contributed by atoms with E-state index in [0.29, 0.717) is 12.5 Å². The van der Waals surface area contributed by atoms with Crippen molar-refractivity contribution in [2.45, 2.75) is 25.3 Å². The number of carbonyl (C=O) groups is 1. The number of likely N-dealkylation sites (tertiary alicyclic amines) is 1. The van der Waals surface area contributed by atoms with E-state index in [2.05, 4.69) is 44.3 Å². The summed E-state index contributed by atoms with van der Waals surface area (Å²) in [6.45, 7) is 1.93. The van der Waals surface area contributed by atoms with Gasteiger partial charge in [-0.3, -0.25) is 9.69 Å². The molecule has 98 valence electrons. The average Bonchev–Trinajstić information content (AvgIpc) is 2.84. The van der Waals surface area contributed by atoms with Crippen LogP contribution in [0.3, 0.4) is 0 Å². The van der Waals surface area contributed by atoms with Crippen LogP contribution >= 0.6 is 15.9 Å². The Labute approximate surface area is 117 Å². The molecule has 0 bridgehead atoms. The fourth-order valence-corrected chi connectivity index (χ4v) is 3.11. The zero-order valence-electron chi connectivity index (χ0n) is 10.7. The van der Waals surface area contributed by atoms with Crippen LogP contribution in [0, 0.1) is 0 Å². The summed E-state index contributed by atoms with van der Waals surface area (Å²) < 4.78 is 1.17. The Balaban J connectivity index is 2.04. The van der Waals surface area contributed by atoms with Crippen molar-refractivity contribution >= 4 is 21.8 Å². The average molecular weight is 311 g/mol. The van der Waals surface area contributed by atoms with Gasteiger partial charge in [0.25, 0.3) is 0 Å². The first-order valence-corrected chi connectivity index (χ1v) is 7.20. The van der Waals surface area contributed by atoms with Gasteiger partial charge in [-0.05, 0) is 31.0 Å². The zero-order valence-corrected chi connectivity index (χ0v) is 12.2. The summed E-state index contributed by atoms with van der Waals surface area (Å²) in [6, 6.07) is 8.83. The predicted octanol–water partition coefficient (Wildman–Crippen LogP) is 2.72. The molecule has 1 heterocycles. The van der Waals surface area contributed by atoms with Crippen LogP contribution in [0.4, 0.5) is 0 Å². The number of nitrogens with one attached hydrogen (secondary N) is 1. The minimum absolute atomic E-state index is 0.118. The molecular weight excluding hydrogens is 292 g/mol. The molecule has 4 heteroatoms. The maximum Gasteiger partial charge on any atom is 0.221 e. The van der Waals surface area contributed by atoms with Gasteiger partial charge in [-0.1, -0.05) is 34.1 Å². The summed E-state index contributed by atoms with van der Waals surface area (Å²) in [5.74, 6) is 0.118. The first-order valence-electron chi connectivity index (χ1n) is 6.41. The standard InChI is InChI=1S/C14H19BrN2O/c1-16-14(18)8-10-17-9-4-7-13(17)11-5-2-3-6-12(11)15/h2-3,5-6,13H,4,7-10H2,1H3,(H,16,18)/t13-/m0/s1. The van der Waals surface area contributed by atoms with Crippen LogP contribution in [0.1, 0.15) is 30.9 Å². The first-order chi connectivity index (χ1) is 8.72. The largest absolute Gasteiger partial charge is 0.359 e. The van der Waals surface area contributed by atoms with Gasteiger partial charge >= 0.3 is 0 Å². The second-order valence-electron chi connectivity index (χ2n) is 4.64. The Morgan fingerprint density at radius 3 is 3.00 bits per heavy atom. The summed E-state index contributed by atoms with van der Waals surface area (Å²) >= 11 is 3.62. The molecule has 0 aromatic heterocycles. The Morgan fingerprint density at radius 2 is 2.28 bits per heavy atom. The second kappa shape index (κ2) is 6.34. The molecule has 3 nitrogen and oxygen atoms in total. The van der Waals surface area contributed by atoms with E-state index in [9.17, 15) is 4.79 Å². The molecule has 18 heavy (non-hydrogen) atoms. The molecule has 0 unspecified atom stereocenters. The summed E-state index contributed by atoms with van der Waals surface area (Å²) in [5.41, 5.74) is 1.34. The van der Waals surface area contributed by atoms with Gasteiger partial charge in [0.2, 0.25) is 5.91 Å². The Kier molecular flexibility index (Phi) is 4.78. The summed E-state index contributed by atoms with van der Waals surface area (Å²) in [4.78, 5) is 13.7. The SMILES string of the molecule is CNC(=O)CCN1CCC[C@H]1c1ccccc1Br. The molecule has 1 amide bonds. The van der Waals surface area contributed by atoms with Gasteiger partial charge in [-0.15, -0.1) is 0 Å². The third kappa shape index (κ3) is 3.12. The minimum atomic E-state index is 0.118. The lowest BCUT2D eigenvalue weighted by Gasteiger charge is -2.25. The van der Waals surface area contributed by atoms with Crippen LogP contribution in [-0.4, -0.2) is 30.9 Å². The van der Waals surface area contributed by atoms with E-state index in [-0.39, 0.29) is 5.91 Å². The van der Waals surface area contributed by atoms with Crippen LogP contribution in [0.5, 0.6) is 0 Å². The second-order valence-corrected chi connectivity index (χ2v) is 5.49. The van der Waals surface area contributed by atoms with Crippen molar-refractivity contribution in [2.24, 2.45) is 0 Å². The number of nitrogens with zero attached hydrogens (tertiary/aromatic N) is 1. The molecule has 1 aliphatic heterocycles. The van der Waals surface area contributed by atoms with E-state index < -0.39 is 0 Å². The molecule has 1 atom stereocenters. The Morgan fingerprint density at radius 1 is 1.50 bits per heavy atom. The molecule has 2 rings (SSSR count). The highest BCUT2D eigenvalue weighted by atomic mass is 79.9. The quantitative estimate of drug-likeness (QED) is 0.927. The summed E-state index contributed by atoms with van der Waals surface area (Å²) in [7, 11) is 1.69. The number of hydrogen-bond donors (Lipinski definition) is 1. The van der Waals surface area contributed by atoms with Crippen molar-refractivity contribution in [3.63, 3.8) is 0 Å². The number of amides is 1. The Bertz CT molecular complexity index is 422. The number of benzene rings is 1. The lowest BCUT2D eigenvalue weighted by Crippen LogP contribution is -2.29. The molecule has 1 aliphatic rings. The monoisotopic (exact) mass is 310 g/mol. The van der Waals surface area contributed by atoms with E-state index in [1.807, 2.05) is 6.07 Å². The van der Waals surface area contributed by atoms with Crippen molar-refractivity contribution in [3.8, 4) is 0 Å². The lowest BCUT2D eigenvalue weighted by molar-refractivity contribution is -0.121. The molecule has 0 spiro atoms. The first kappa shape index (κ1) is 13.6. The fraction of sp³-hybridized carbons (Fsp3) is 0.500. The van der Waals surface area contributed by atoms with Crippen molar-refractivity contribution < 1.29 is 4.79 Å². The highest BCUT2D eigenvalue weighted by Gasteiger charge is 2.27. The van der Waals surface area contributed by atoms with Crippen molar-refractivity contribution in [2.75, 3.05) is 20.1 Å². The maximum absolute atomic E-state index is 11.3. The van der Waals surface area contributed by atoms with Crippen LogP contribution in [0.2, 0.25) is 0 Å². The van der Waals surface area contributed by atoms with Crippen LogP contribution < -0.4 is 5.32 Å². The molecular formula is C14H19BrN2O. The molecule has 1 aromatic carbocycles. The molecule has 0 radical (unpaired) electrons. The molecule has 1 N–H and O–H groups in total. The van der Waals surface area contributed by atoms with Gasteiger partial charge in [0.15, 0.2) is 0 Å². The lowest BCUT2D eigenvalue weighted by atomic mass is 10.0. The topological polar surface area (TPSA) is 32.3 Å². The van der Waals surface area contributed by atoms with Crippen LogP contribution in [0.25, 0.3) is 0 Å². The van der Waals surface area contributed by atoms with Crippen molar-refractivity contribution in [3.05, 3.63) is 34.3 Å². The van der Waals surface area contributed by atoms with Gasteiger partial charge in [0.05, 0.1) is 0 Å². The van der Waals surface area contributed by atoms with Crippen molar-refractivity contribution in [1.82, 2.24) is 10.2 Å². The number of hydrogen-bond acceptors (Lipinski definition) is 2. The molecule has 1 saturated heterocycles. The van der Waals surface area contributed by atoms with Gasteiger partial charge in [-0.25, -0.2) is 0 Å². The van der Waals surface area contributed by atoms with E-state index in [0.717, 1.165) is 13.1 Å². The van der Waals surface area contributed by atoms with E-state index in [1.54, 1.807) is 7.05 Å². The van der Waals surface area contributed by atoms with E-state index >= 15 is 0 Å². The number of rotatable bonds is 4. The van der Waals surface area contributed by atoms with Crippen molar-refractivity contribution in [1.29, 1.82) is 0 Å². The molecule has 0 aliphatic carbocycles. The van der Waals surface area contributed by atoms with Gasteiger partial charge in [-0.2, -0.15) is 0 Å². The normalized spacial score (nSPS) is 20.0. The molecule has 0 saturated carbocycles. The predicted molar refractivity (Wildman–Crippen MR) is 76.4 cm³/mol. The number of carbonyl (C=O) groups excluding carboxylic acids is 1. The Hall–Kier alpha value is -0.870. The smallest absolute Gasteiger partial charge is 0.221 e. The zero-order chi connectivity index (χ0) is 13.0. The fourth-order valence-electron chi connectivity index (χ4n) is 2.56. The van der Waals surface area contributed by atoms with E-state index in [1.165, 1.54) is 22.9 Å².